The largest absolute Gasteiger partial charge is 0.495 e. The van der Waals surface area contributed by atoms with Crippen molar-refractivity contribution >= 4 is 23.2 Å². The van der Waals surface area contributed by atoms with E-state index >= 15 is 0 Å². The van der Waals surface area contributed by atoms with E-state index in [4.69, 9.17) is 16.3 Å². The molecule has 0 heterocycles. The zero-order valence-electron chi connectivity index (χ0n) is 16.5. The lowest BCUT2D eigenvalue weighted by atomic mass is 10.0. The highest BCUT2D eigenvalue weighted by molar-refractivity contribution is 6.31. The average Bonchev–Trinajstić information content (AvgIpc) is 2.70. The van der Waals surface area contributed by atoms with Crippen LogP contribution in [0.15, 0.2) is 48.2 Å². The molecular weight excluding hydrogens is 374 g/mol. The number of amides is 1. The second-order valence-corrected chi connectivity index (χ2v) is 6.81. The number of aryl methyl sites for hydroxylation is 2. The van der Waals surface area contributed by atoms with Gasteiger partial charge in [-0.15, -0.1) is 0 Å². The van der Waals surface area contributed by atoms with Crippen LogP contribution in [-0.2, 0) is 11.2 Å². The minimum Gasteiger partial charge on any atom is -0.495 e. The minimum absolute atomic E-state index is 0.0355. The minimum atomic E-state index is -0.452. The van der Waals surface area contributed by atoms with E-state index in [-0.39, 0.29) is 11.6 Å². The van der Waals surface area contributed by atoms with Crippen LogP contribution in [0, 0.1) is 18.3 Å². The molecular formula is C22H24ClN3O2. The number of hydrogen-bond acceptors (Lipinski definition) is 4. The number of ether oxygens (including phenoxy) is 1. The molecule has 6 heteroatoms. The molecule has 2 aromatic carbocycles. The molecule has 0 fully saturated rings. The number of hydrogen-bond donors (Lipinski definition) is 2. The van der Waals surface area contributed by atoms with Crippen LogP contribution >= 0.6 is 11.6 Å². The maximum absolute atomic E-state index is 12.5. The van der Waals surface area contributed by atoms with E-state index in [1.54, 1.807) is 12.1 Å². The van der Waals surface area contributed by atoms with Crippen LogP contribution < -0.4 is 15.4 Å². The molecule has 0 radical (unpaired) electrons. The quantitative estimate of drug-likeness (QED) is 0.514. The maximum atomic E-state index is 12.5. The van der Waals surface area contributed by atoms with E-state index in [9.17, 15) is 10.1 Å². The molecule has 0 saturated heterocycles. The SMILES string of the molecule is CCc1ccc(C(C)NC(=O)/C(C#N)=C\Nc2cc(C)c(Cl)cc2OC)cc1. The van der Waals surface area contributed by atoms with Crippen LogP contribution in [-0.4, -0.2) is 13.0 Å². The fourth-order valence-corrected chi connectivity index (χ4v) is 2.80. The summed E-state index contributed by atoms with van der Waals surface area (Å²) in [4.78, 5) is 12.5. The topological polar surface area (TPSA) is 74.2 Å². The van der Waals surface area contributed by atoms with Gasteiger partial charge in [0.1, 0.15) is 17.4 Å². The van der Waals surface area contributed by atoms with Crippen molar-refractivity contribution in [1.29, 1.82) is 5.26 Å². The van der Waals surface area contributed by atoms with Crippen molar-refractivity contribution in [3.63, 3.8) is 0 Å². The predicted molar refractivity (Wildman–Crippen MR) is 112 cm³/mol. The van der Waals surface area contributed by atoms with E-state index in [0.29, 0.717) is 16.5 Å². The van der Waals surface area contributed by atoms with Crippen molar-refractivity contribution in [3.05, 3.63) is 69.9 Å². The number of benzene rings is 2. The monoisotopic (exact) mass is 397 g/mol. The molecule has 1 amide bonds. The second kappa shape index (κ2) is 9.82. The van der Waals surface area contributed by atoms with Crippen molar-refractivity contribution in [3.8, 4) is 11.8 Å². The van der Waals surface area contributed by atoms with E-state index in [0.717, 1.165) is 17.5 Å². The number of nitrogens with one attached hydrogen (secondary N) is 2. The highest BCUT2D eigenvalue weighted by Crippen LogP contribution is 2.31. The molecule has 0 saturated carbocycles. The van der Waals surface area contributed by atoms with Gasteiger partial charge in [0.25, 0.3) is 5.91 Å². The summed E-state index contributed by atoms with van der Waals surface area (Å²) in [6.07, 6.45) is 2.33. The third-order valence-corrected chi connectivity index (χ3v) is 4.86. The van der Waals surface area contributed by atoms with Gasteiger partial charge in [-0.05, 0) is 43.0 Å². The first-order chi connectivity index (χ1) is 13.4. The van der Waals surface area contributed by atoms with E-state index < -0.39 is 5.91 Å². The lowest BCUT2D eigenvalue weighted by Gasteiger charge is -2.15. The van der Waals surface area contributed by atoms with Gasteiger partial charge in [-0.25, -0.2) is 0 Å². The Kier molecular flexibility index (Phi) is 7.48. The molecule has 1 atom stereocenters. The zero-order chi connectivity index (χ0) is 20.7. The Labute approximate surface area is 171 Å². The molecule has 0 aliphatic carbocycles. The number of halogens is 1. The number of nitrogens with zero attached hydrogens (tertiary/aromatic N) is 1. The van der Waals surface area contributed by atoms with Crippen molar-refractivity contribution in [2.24, 2.45) is 0 Å². The second-order valence-electron chi connectivity index (χ2n) is 6.41. The fourth-order valence-electron chi connectivity index (χ4n) is 2.64. The molecule has 2 rings (SSSR count). The molecule has 2 aromatic rings. The molecule has 0 aliphatic heterocycles. The smallest absolute Gasteiger partial charge is 0.263 e. The third-order valence-electron chi connectivity index (χ3n) is 4.45. The number of anilines is 1. The van der Waals surface area contributed by atoms with Crippen LogP contribution in [0.1, 0.15) is 36.6 Å². The molecule has 1 unspecified atom stereocenters. The van der Waals surface area contributed by atoms with Gasteiger partial charge in [-0.1, -0.05) is 42.8 Å². The van der Waals surface area contributed by atoms with Crippen LogP contribution in [0.25, 0.3) is 0 Å². The van der Waals surface area contributed by atoms with E-state index in [2.05, 4.69) is 17.6 Å². The zero-order valence-corrected chi connectivity index (χ0v) is 17.2. The maximum Gasteiger partial charge on any atom is 0.263 e. The number of carbonyl (C=O) groups is 1. The highest BCUT2D eigenvalue weighted by Gasteiger charge is 2.14. The molecule has 5 nitrogen and oxygen atoms in total. The Balaban J connectivity index is 2.12. The normalized spacial score (nSPS) is 12.1. The number of nitriles is 1. The van der Waals surface area contributed by atoms with Gasteiger partial charge in [0.15, 0.2) is 0 Å². The summed E-state index contributed by atoms with van der Waals surface area (Å²) in [7, 11) is 1.53. The Morgan fingerprint density at radius 2 is 2.00 bits per heavy atom. The average molecular weight is 398 g/mol. The Hall–Kier alpha value is -2.97. The summed E-state index contributed by atoms with van der Waals surface area (Å²) < 4.78 is 5.29. The first-order valence-electron chi connectivity index (χ1n) is 9.00. The lowest BCUT2D eigenvalue weighted by molar-refractivity contribution is -0.117. The predicted octanol–water partition coefficient (Wildman–Crippen LogP) is 4.92. The van der Waals surface area contributed by atoms with Crippen LogP contribution in [0.3, 0.4) is 0 Å². The first-order valence-corrected chi connectivity index (χ1v) is 9.38. The number of methoxy groups -OCH3 is 1. The standard InChI is InChI=1S/C22H24ClN3O2/c1-5-16-6-8-17(9-7-16)15(3)26-22(27)18(12-24)13-25-20-10-14(2)19(23)11-21(20)28-4/h6-11,13,15,25H,5H2,1-4H3,(H,26,27)/b18-13-. The number of rotatable bonds is 7. The molecule has 0 bridgehead atoms. The Bertz CT molecular complexity index is 915. The van der Waals surface area contributed by atoms with E-state index in [1.165, 1.54) is 18.9 Å². The van der Waals surface area contributed by atoms with E-state index in [1.807, 2.05) is 44.2 Å². The van der Waals surface area contributed by atoms with Crippen molar-refractivity contribution < 1.29 is 9.53 Å². The summed E-state index contributed by atoms with van der Waals surface area (Å²) in [6.45, 7) is 5.83. The van der Waals surface area contributed by atoms with Gasteiger partial charge < -0.3 is 15.4 Å². The van der Waals surface area contributed by atoms with Crippen LogP contribution in [0.2, 0.25) is 5.02 Å². The van der Waals surface area contributed by atoms with Gasteiger partial charge in [0.2, 0.25) is 0 Å². The molecule has 2 N–H and O–H groups in total. The molecule has 146 valence electrons. The summed E-state index contributed by atoms with van der Waals surface area (Å²) in [6, 6.07) is 13.2. The van der Waals surface area contributed by atoms with Crippen molar-refractivity contribution in [2.45, 2.75) is 33.2 Å². The molecule has 28 heavy (non-hydrogen) atoms. The Morgan fingerprint density at radius 3 is 2.57 bits per heavy atom. The first kappa shape index (κ1) is 21.3. The van der Waals surface area contributed by atoms with Crippen molar-refractivity contribution in [1.82, 2.24) is 5.32 Å². The van der Waals surface area contributed by atoms with Gasteiger partial charge in [0.05, 0.1) is 18.8 Å². The summed E-state index contributed by atoms with van der Waals surface area (Å²) >= 11 is 6.10. The van der Waals surface area contributed by atoms with Crippen LogP contribution in [0.4, 0.5) is 5.69 Å². The molecule has 0 aliphatic rings. The molecule has 0 aromatic heterocycles. The van der Waals surface area contributed by atoms with Crippen LogP contribution in [0.5, 0.6) is 5.75 Å². The summed E-state index contributed by atoms with van der Waals surface area (Å²) in [5.74, 6) is 0.0700. The van der Waals surface area contributed by atoms with Gasteiger partial charge in [-0.2, -0.15) is 5.26 Å². The highest BCUT2D eigenvalue weighted by atomic mass is 35.5. The third kappa shape index (κ3) is 5.28. The summed E-state index contributed by atoms with van der Waals surface area (Å²) in [5, 5.41) is 15.8. The summed E-state index contributed by atoms with van der Waals surface area (Å²) in [5.41, 5.74) is 3.65. The van der Waals surface area contributed by atoms with Crippen molar-refractivity contribution in [2.75, 3.05) is 12.4 Å². The van der Waals surface area contributed by atoms with Gasteiger partial charge in [0, 0.05) is 17.3 Å². The number of carbonyl (C=O) groups excluding carboxylic acids is 1. The van der Waals surface area contributed by atoms with Gasteiger partial charge in [-0.3, -0.25) is 4.79 Å². The fraction of sp³-hybridized carbons (Fsp3) is 0.273. The Morgan fingerprint density at radius 1 is 1.32 bits per heavy atom. The lowest BCUT2D eigenvalue weighted by Crippen LogP contribution is -2.28. The molecule has 0 spiro atoms. The van der Waals surface area contributed by atoms with Gasteiger partial charge >= 0.3 is 0 Å².